The predicted octanol–water partition coefficient (Wildman–Crippen LogP) is 1.11. The smallest absolute Gasteiger partial charge is 0.0208 e. The summed E-state index contributed by atoms with van der Waals surface area (Å²) in [4.78, 5) is 4.86. The van der Waals surface area contributed by atoms with Crippen LogP contribution in [0, 0.1) is 6.92 Å². The van der Waals surface area contributed by atoms with E-state index in [-0.39, 0.29) is 6.04 Å². The van der Waals surface area contributed by atoms with Crippen LogP contribution in [-0.2, 0) is 6.42 Å². The number of nitrogens with two attached hydrogens (primary N) is 1. The molecular weight excluding hydrogens is 222 g/mol. The molecule has 1 heterocycles. The number of likely N-dealkylation sites (N-methyl/N-ethyl adjacent to an activating group) is 1. The third kappa shape index (κ3) is 4.09. The molecule has 2 rings (SSSR count). The van der Waals surface area contributed by atoms with Gasteiger partial charge in [0.2, 0.25) is 0 Å². The molecule has 1 saturated heterocycles. The second kappa shape index (κ2) is 6.32. The van der Waals surface area contributed by atoms with Gasteiger partial charge in [-0.3, -0.25) is 4.90 Å². The van der Waals surface area contributed by atoms with Crippen molar-refractivity contribution in [3.63, 3.8) is 0 Å². The van der Waals surface area contributed by atoms with Crippen LogP contribution in [0.2, 0.25) is 0 Å². The fourth-order valence-corrected chi connectivity index (χ4v) is 2.45. The topological polar surface area (TPSA) is 32.5 Å². The molecule has 0 saturated carbocycles. The fourth-order valence-electron chi connectivity index (χ4n) is 2.45. The van der Waals surface area contributed by atoms with Crippen molar-refractivity contribution < 1.29 is 0 Å². The molecule has 1 atom stereocenters. The Hall–Kier alpha value is -0.900. The van der Waals surface area contributed by atoms with Crippen LogP contribution in [0.25, 0.3) is 0 Å². The van der Waals surface area contributed by atoms with Crippen LogP contribution in [0.15, 0.2) is 24.3 Å². The molecule has 0 radical (unpaired) electrons. The Balaban J connectivity index is 1.78. The monoisotopic (exact) mass is 247 g/mol. The van der Waals surface area contributed by atoms with Gasteiger partial charge in [0, 0.05) is 38.8 Å². The van der Waals surface area contributed by atoms with Crippen molar-refractivity contribution >= 4 is 0 Å². The van der Waals surface area contributed by atoms with Crippen molar-refractivity contribution in [1.29, 1.82) is 0 Å². The molecule has 0 aromatic heterocycles. The second-order valence-electron chi connectivity index (χ2n) is 5.55. The lowest BCUT2D eigenvalue weighted by molar-refractivity contribution is 0.147. The molecule has 0 amide bonds. The number of hydrogen-bond donors (Lipinski definition) is 1. The summed E-state index contributed by atoms with van der Waals surface area (Å²) in [6.07, 6.45) is 0.979. The zero-order valence-corrected chi connectivity index (χ0v) is 11.6. The molecule has 100 valence electrons. The van der Waals surface area contributed by atoms with Gasteiger partial charge in [0.25, 0.3) is 0 Å². The molecule has 2 N–H and O–H groups in total. The van der Waals surface area contributed by atoms with Crippen LogP contribution in [0.4, 0.5) is 0 Å². The molecule has 0 spiro atoms. The van der Waals surface area contributed by atoms with E-state index in [0.29, 0.717) is 0 Å². The van der Waals surface area contributed by atoms with Gasteiger partial charge < -0.3 is 10.6 Å². The summed E-state index contributed by atoms with van der Waals surface area (Å²) in [7, 11) is 2.18. The first-order chi connectivity index (χ1) is 8.63. The Labute approximate surface area is 111 Å². The van der Waals surface area contributed by atoms with Gasteiger partial charge >= 0.3 is 0 Å². The van der Waals surface area contributed by atoms with Crippen molar-refractivity contribution in [2.45, 2.75) is 19.4 Å². The molecule has 1 aliphatic rings. The Kier molecular flexibility index (Phi) is 4.75. The molecule has 3 nitrogen and oxygen atoms in total. The number of aryl methyl sites for hydroxylation is 1. The lowest BCUT2D eigenvalue weighted by atomic mass is 10.0. The Morgan fingerprint density at radius 3 is 2.33 bits per heavy atom. The molecular formula is C15H25N3. The summed E-state index contributed by atoms with van der Waals surface area (Å²) >= 11 is 0. The third-order valence-electron chi connectivity index (χ3n) is 3.71. The average molecular weight is 247 g/mol. The summed E-state index contributed by atoms with van der Waals surface area (Å²) in [5.41, 5.74) is 8.91. The highest BCUT2D eigenvalue weighted by Gasteiger charge is 2.16. The molecule has 0 aliphatic carbocycles. The van der Waals surface area contributed by atoms with Gasteiger partial charge in [0.05, 0.1) is 0 Å². The van der Waals surface area contributed by atoms with Gasteiger partial charge in [0.15, 0.2) is 0 Å². The van der Waals surface area contributed by atoms with E-state index in [0.717, 1.165) is 39.1 Å². The average Bonchev–Trinajstić information content (AvgIpc) is 2.35. The van der Waals surface area contributed by atoms with Crippen LogP contribution in [0.5, 0.6) is 0 Å². The van der Waals surface area contributed by atoms with Gasteiger partial charge in [-0.05, 0) is 26.0 Å². The zero-order valence-electron chi connectivity index (χ0n) is 11.6. The highest BCUT2D eigenvalue weighted by Crippen LogP contribution is 2.07. The summed E-state index contributed by atoms with van der Waals surface area (Å²) in [6.45, 7) is 7.76. The quantitative estimate of drug-likeness (QED) is 0.865. The van der Waals surface area contributed by atoms with E-state index >= 15 is 0 Å². The van der Waals surface area contributed by atoms with Crippen LogP contribution < -0.4 is 5.73 Å². The van der Waals surface area contributed by atoms with E-state index in [1.54, 1.807) is 0 Å². The van der Waals surface area contributed by atoms with Crippen LogP contribution in [-0.4, -0.2) is 55.6 Å². The number of nitrogens with zero attached hydrogens (tertiary/aromatic N) is 2. The number of hydrogen-bond acceptors (Lipinski definition) is 3. The summed E-state index contributed by atoms with van der Waals surface area (Å²) < 4.78 is 0. The number of piperazine rings is 1. The normalized spacial score (nSPS) is 19.9. The minimum atomic E-state index is 0.246. The molecule has 1 aromatic rings. The Bertz CT molecular complexity index is 353. The van der Waals surface area contributed by atoms with Crippen LogP contribution in [0.3, 0.4) is 0 Å². The van der Waals surface area contributed by atoms with Crippen LogP contribution >= 0.6 is 0 Å². The van der Waals surface area contributed by atoms with E-state index in [1.165, 1.54) is 11.1 Å². The first-order valence-electron chi connectivity index (χ1n) is 6.85. The van der Waals surface area contributed by atoms with E-state index < -0.39 is 0 Å². The second-order valence-corrected chi connectivity index (χ2v) is 5.55. The lowest BCUT2D eigenvalue weighted by Gasteiger charge is -2.33. The molecule has 0 bridgehead atoms. The zero-order chi connectivity index (χ0) is 13.0. The van der Waals surface area contributed by atoms with Crippen molar-refractivity contribution in [1.82, 2.24) is 9.80 Å². The predicted molar refractivity (Wildman–Crippen MR) is 76.8 cm³/mol. The molecule has 3 heteroatoms. The Morgan fingerprint density at radius 2 is 1.72 bits per heavy atom. The highest BCUT2D eigenvalue weighted by atomic mass is 15.2. The molecule has 1 fully saturated rings. The molecule has 1 aliphatic heterocycles. The minimum absolute atomic E-state index is 0.246. The number of benzene rings is 1. The van der Waals surface area contributed by atoms with Crippen molar-refractivity contribution in [3.05, 3.63) is 35.4 Å². The van der Waals surface area contributed by atoms with Crippen LogP contribution in [0.1, 0.15) is 11.1 Å². The van der Waals surface area contributed by atoms with Gasteiger partial charge in [-0.15, -0.1) is 0 Å². The lowest BCUT2D eigenvalue weighted by Crippen LogP contribution is -2.49. The van der Waals surface area contributed by atoms with E-state index in [4.69, 9.17) is 5.73 Å². The fraction of sp³-hybridized carbons (Fsp3) is 0.600. The van der Waals surface area contributed by atoms with Gasteiger partial charge in [-0.2, -0.15) is 0 Å². The van der Waals surface area contributed by atoms with Gasteiger partial charge in [-0.25, -0.2) is 0 Å². The maximum Gasteiger partial charge on any atom is 0.0208 e. The molecule has 18 heavy (non-hydrogen) atoms. The van der Waals surface area contributed by atoms with Gasteiger partial charge in [-0.1, -0.05) is 29.8 Å². The maximum absolute atomic E-state index is 6.25. The standard InChI is InChI=1S/C15H25N3/c1-13-3-5-14(6-4-13)11-15(16)12-18-9-7-17(2)8-10-18/h3-6,15H,7-12,16H2,1-2H3. The minimum Gasteiger partial charge on any atom is -0.326 e. The SMILES string of the molecule is Cc1ccc(CC(N)CN2CCN(C)CC2)cc1. The molecule has 1 aromatic carbocycles. The van der Waals surface area contributed by atoms with Crippen molar-refractivity contribution in [2.24, 2.45) is 5.73 Å². The van der Waals surface area contributed by atoms with E-state index in [9.17, 15) is 0 Å². The largest absolute Gasteiger partial charge is 0.326 e. The number of rotatable bonds is 4. The summed E-state index contributed by atoms with van der Waals surface area (Å²) in [5.74, 6) is 0. The summed E-state index contributed by atoms with van der Waals surface area (Å²) in [5, 5.41) is 0. The van der Waals surface area contributed by atoms with Gasteiger partial charge in [0.1, 0.15) is 0 Å². The molecule has 1 unspecified atom stereocenters. The highest BCUT2D eigenvalue weighted by molar-refractivity contribution is 5.22. The maximum atomic E-state index is 6.25. The Morgan fingerprint density at radius 1 is 1.11 bits per heavy atom. The van der Waals surface area contributed by atoms with Crippen molar-refractivity contribution in [3.8, 4) is 0 Å². The van der Waals surface area contributed by atoms with E-state index in [2.05, 4.69) is 48.0 Å². The third-order valence-corrected chi connectivity index (χ3v) is 3.71. The summed E-state index contributed by atoms with van der Waals surface area (Å²) in [6, 6.07) is 8.96. The van der Waals surface area contributed by atoms with E-state index in [1.807, 2.05) is 0 Å². The first kappa shape index (κ1) is 13.5. The van der Waals surface area contributed by atoms with Crippen molar-refractivity contribution in [2.75, 3.05) is 39.8 Å². The first-order valence-corrected chi connectivity index (χ1v) is 6.85.